The third-order valence-electron chi connectivity index (χ3n) is 3.98. The second-order valence-corrected chi connectivity index (χ2v) is 5.03. The van der Waals surface area contributed by atoms with Crippen LogP contribution in [0.1, 0.15) is 19.3 Å². The number of rotatable bonds is 3. The van der Waals surface area contributed by atoms with Crippen molar-refractivity contribution in [3.8, 4) is 0 Å². The summed E-state index contributed by atoms with van der Waals surface area (Å²) in [6.07, 6.45) is 2.90. The van der Waals surface area contributed by atoms with E-state index >= 15 is 0 Å². The number of hydrogen-bond acceptors (Lipinski definition) is 3. The van der Waals surface area contributed by atoms with E-state index in [-0.39, 0.29) is 5.92 Å². The van der Waals surface area contributed by atoms with Crippen molar-refractivity contribution >= 4 is 5.97 Å². The van der Waals surface area contributed by atoms with Crippen molar-refractivity contribution in [3.05, 3.63) is 0 Å². The molecule has 1 saturated heterocycles. The average molecular weight is 212 g/mol. The number of carboxylic acid groups (broad SMARTS) is 1. The summed E-state index contributed by atoms with van der Waals surface area (Å²) in [7, 11) is 4.29. The average Bonchev–Trinajstić information content (AvgIpc) is 2.48. The minimum atomic E-state index is -0.622. The van der Waals surface area contributed by atoms with Crippen LogP contribution in [0.25, 0.3) is 0 Å². The number of aliphatic carboxylic acids is 1. The molecule has 1 unspecified atom stereocenters. The van der Waals surface area contributed by atoms with Gasteiger partial charge in [-0.05, 0) is 39.9 Å². The molecule has 0 aromatic carbocycles. The first-order valence-corrected chi connectivity index (χ1v) is 5.71. The van der Waals surface area contributed by atoms with E-state index in [2.05, 4.69) is 23.9 Å². The van der Waals surface area contributed by atoms with Gasteiger partial charge in [0.25, 0.3) is 0 Å². The predicted molar refractivity (Wildman–Crippen MR) is 57.8 cm³/mol. The highest BCUT2D eigenvalue weighted by Crippen LogP contribution is 2.33. The summed E-state index contributed by atoms with van der Waals surface area (Å²) in [5.74, 6) is -0.709. The van der Waals surface area contributed by atoms with Crippen LogP contribution in [0.5, 0.6) is 0 Å². The summed E-state index contributed by atoms with van der Waals surface area (Å²) in [5.41, 5.74) is 0. The number of nitrogens with zero attached hydrogens (tertiary/aromatic N) is 2. The van der Waals surface area contributed by atoms with E-state index in [1.165, 1.54) is 13.0 Å². The van der Waals surface area contributed by atoms with E-state index in [0.717, 1.165) is 19.4 Å². The van der Waals surface area contributed by atoms with Gasteiger partial charge in [-0.15, -0.1) is 0 Å². The van der Waals surface area contributed by atoms with Crippen molar-refractivity contribution in [2.75, 3.05) is 27.2 Å². The molecule has 0 radical (unpaired) electrons. The second-order valence-electron chi connectivity index (χ2n) is 5.03. The number of likely N-dealkylation sites (N-methyl/N-ethyl adjacent to an activating group) is 2. The van der Waals surface area contributed by atoms with Crippen LogP contribution in [0.3, 0.4) is 0 Å². The zero-order valence-electron chi connectivity index (χ0n) is 9.52. The molecule has 0 aromatic rings. The summed E-state index contributed by atoms with van der Waals surface area (Å²) >= 11 is 0. The molecule has 1 aliphatic heterocycles. The SMILES string of the molecule is CN1CCC(N(C)C2CC(C(=O)O)C2)C1. The number of carbonyl (C=O) groups is 1. The van der Waals surface area contributed by atoms with E-state index in [1.807, 2.05) is 0 Å². The Labute approximate surface area is 90.9 Å². The fraction of sp³-hybridized carbons (Fsp3) is 0.909. The molecule has 1 atom stereocenters. The van der Waals surface area contributed by atoms with Crippen molar-refractivity contribution < 1.29 is 9.90 Å². The maximum atomic E-state index is 10.7. The molecule has 2 aliphatic rings. The Morgan fingerprint density at radius 1 is 1.40 bits per heavy atom. The maximum absolute atomic E-state index is 10.7. The summed E-state index contributed by atoms with van der Waals surface area (Å²) in [6.45, 7) is 2.30. The van der Waals surface area contributed by atoms with Gasteiger partial charge in [-0.2, -0.15) is 0 Å². The van der Waals surface area contributed by atoms with E-state index < -0.39 is 5.97 Å². The molecular formula is C11H20N2O2. The summed E-state index contributed by atoms with van der Waals surface area (Å²) in [5, 5.41) is 8.81. The largest absolute Gasteiger partial charge is 0.481 e. The predicted octanol–water partition coefficient (Wildman–Crippen LogP) is 0.485. The minimum Gasteiger partial charge on any atom is -0.481 e. The Morgan fingerprint density at radius 3 is 2.53 bits per heavy atom. The smallest absolute Gasteiger partial charge is 0.306 e. The van der Waals surface area contributed by atoms with Gasteiger partial charge in [0.05, 0.1) is 5.92 Å². The number of hydrogen-bond donors (Lipinski definition) is 1. The molecule has 2 fully saturated rings. The van der Waals surface area contributed by atoms with Crippen LogP contribution in [0.15, 0.2) is 0 Å². The highest BCUT2D eigenvalue weighted by molar-refractivity contribution is 5.71. The molecule has 1 N–H and O–H groups in total. The van der Waals surface area contributed by atoms with Crippen LogP contribution in [0, 0.1) is 5.92 Å². The highest BCUT2D eigenvalue weighted by Gasteiger charge is 2.39. The van der Waals surface area contributed by atoms with Crippen molar-refractivity contribution in [2.45, 2.75) is 31.3 Å². The molecule has 1 saturated carbocycles. The molecule has 1 aliphatic carbocycles. The molecule has 1 heterocycles. The van der Waals surface area contributed by atoms with Crippen LogP contribution in [-0.2, 0) is 4.79 Å². The number of likely N-dealkylation sites (tertiary alicyclic amines) is 1. The van der Waals surface area contributed by atoms with Crippen molar-refractivity contribution in [2.24, 2.45) is 5.92 Å². The third-order valence-corrected chi connectivity index (χ3v) is 3.98. The first-order chi connectivity index (χ1) is 7.08. The lowest BCUT2D eigenvalue weighted by Gasteiger charge is -2.42. The molecule has 0 aromatic heterocycles. The van der Waals surface area contributed by atoms with Gasteiger partial charge in [-0.3, -0.25) is 9.69 Å². The summed E-state index contributed by atoms with van der Waals surface area (Å²) < 4.78 is 0. The van der Waals surface area contributed by atoms with Gasteiger partial charge in [-0.1, -0.05) is 0 Å². The van der Waals surface area contributed by atoms with Gasteiger partial charge >= 0.3 is 5.97 Å². The summed E-state index contributed by atoms with van der Waals surface area (Å²) in [4.78, 5) is 15.4. The van der Waals surface area contributed by atoms with E-state index in [9.17, 15) is 4.79 Å². The zero-order chi connectivity index (χ0) is 11.0. The fourth-order valence-electron chi connectivity index (χ4n) is 2.66. The van der Waals surface area contributed by atoms with Crippen molar-refractivity contribution in [1.82, 2.24) is 9.80 Å². The number of carboxylic acids is 1. The maximum Gasteiger partial charge on any atom is 0.306 e. The molecule has 86 valence electrons. The van der Waals surface area contributed by atoms with Gasteiger partial charge in [0.2, 0.25) is 0 Å². The van der Waals surface area contributed by atoms with Crippen molar-refractivity contribution in [1.29, 1.82) is 0 Å². The molecule has 0 bridgehead atoms. The Hall–Kier alpha value is -0.610. The highest BCUT2D eigenvalue weighted by atomic mass is 16.4. The lowest BCUT2D eigenvalue weighted by atomic mass is 9.79. The van der Waals surface area contributed by atoms with Gasteiger partial charge < -0.3 is 10.0 Å². The molecular weight excluding hydrogens is 192 g/mol. The van der Waals surface area contributed by atoms with Crippen LogP contribution in [0.2, 0.25) is 0 Å². The molecule has 0 amide bonds. The molecule has 2 rings (SSSR count). The summed E-state index contributed by atoms with van der Waals surface area (Å²) in [6, 6.07) is 1.14. The molecule has 4 nitrogen and oxygen atoms in total. The Bertz CT molecular complexity index is 251. The first-order valence-electron chi connectivity index (χ1n) is 5.71. The van der Waals surface area contributed by atoms with Crippen LogP contribution < -0.4 is 0 Å². The molecule has 15 heavy (non-hydrogen) atoms. The Balaban J connectivity index is 1.79. The topological polar surface area (TPSA) is 43.8 Å². The first kappa shape index (κ1) is 10.9. The Kier molecular flexibility index (Phi) is 2.98. The molecule has 4 heteroatoms. The van der Waals surface area contributed by atoms with Crippen LogP contribution in [-0.4, -0.2) is 60.1 Å². The van der Waals surface area contributed by atoms with Gasteiger partial charge in [0.15, 0.2) is 0 Å². The third kappa shape index (κ3) is 2.16. The van der Waals surface area contributed by atoms with Crippen LogP contribution >= 0.6 is 0 Å². The fourth-order valence-corrected chi connectivity index (χ4v) is 2.66. The van der Waals surface area contributed by atoms with E-state index in [0.29, 0.717) is 12.1 Å². The van der Waals surface area contributed by atoms with E-state index in [4.69, 9.17) is 5.11 Å². The monoisotopic (exact) mass is 212 g/mol. The zero-order valence-corrected chi connectivity index (χ0v) is 9.52. The van der Waals surface area contributed by atoms with Gasteiger partial charge in [-0.25, -0.2) is 0 Å². The quantitative estimate of drug-likeness (QED) is 0.739. The lowest BCUT2D eigenvalue weighted by Crippen LogP contribution is -2.50. The van der Waals surface area contributed by atoms with Gasteiger partial charge in [0, 0.05) is 18.6 Å². The lowest BCUT2D eigenvalue weighted by molar-refractivity contribution is -0.147. The standard InChI is InChI=1S/C11H20N2O2/c1-12-4-3-9(7-12)13(2)10-5-8(6-10)11(14)15/h8-10H,3-7H2,1-2H3,(H,14,15). The molecule has 0 spiro atoms. The second kappa shape index (κ2) is 4.10. The van der Waals surface area contributed by atoms with E-state index in [1.54, 1.807) is 0 Å². The van der Waals surface area contributed by atoms with Crippen LogP contribution in [0.4, 0.5) is 0 Å². The Morgan fingerprint density at radius 2 is 2.07 bits per heavy atom. The minimum absolute atomic E-state index is 0.0865. The normalized spacial score (nSPS) is 36.9. The van der Waals surface area contributed by atoms with Crippen molar-refractivity contribution in [3.63, 3.8) is 0 Å². The van der Waals surface area contributed by atoms with Gasteiger partial charge in [0.1, 0.15) is 0 Å².